The first-order valence-corrected chi connectivity index (χ1v) is 11.0. The molecule has 1 N–H and O–H groups in total. The lowest BCUT2D eigenvalue weighted by molar-refractivity contribution is -0.394. The first-order valence-electron chi connectivity index (χ1n) is 9.80. The number of methoxy groups -OCH3 is 1. The molecule has 0 bridgehead atoms. The van der Waals surface area contributed by atoms with Crippen molar-refractivity contribution in [2.24, 2.45) is 0 Å². The van der Waals surface area contributed by atoms with Gasteiger partial charge in [-0.25, -0.2) is 0 Å². The van der Waals surface area contributed by atoms with Crippen molar-refractivity contribution in [3.8, 4) is 23.3 Å². The van der Waals surface area contributed by atoms with Gasteiger partial charge in [0.25, 0.3) is 11.6 Å². The van der Waals surface area contributed by atoms with E-state index in [1.807, 2.05) is 6.07 Å². The number of hydrogen-bond donors (Lipinski definition) is 1. The second-order valence-corrected chi connectivity index (χ2v) is 8.23. The van der Waals surface area contributed by atoms with Crippen LogP contribution in [0.5, 0.6) is 17.2 Å². The SMILES string of the molecule is COc1cc(/C=C(\C#N)C(=O)Nc2cccc(Cl)c2)cc(Br)c1Oc1ccc([N+](=O)[O-])cc1[N+](=O)[O-]. The van der Waals surface area contributed by atoms with E-state index in [1.165, 1.54) is 31.4 Å². The van der Waals surface area contributed by atoms with Crippen LogP contribution < -0.4 is 14.8 Å². The topological polar surface area (TPSA) is 158 Å². The third-order valence-electron chi connectivity index (χ3n) is 4.57. The number of nitro groups is 2. The van der Waals surface area contributed by atoms with Crippen LogP contribution in [0.2, 0.25) is 5.02 Å². The lowest BCUT2D eigenvalue weighted by atomic mass is 10.1. The predicted octanol–water partition coefficient (Wildman–Crippen LogP) is 6.27. The van der Waals surface area contributed by atoms with Gasteiger partial charge in [-0.3, -0.25) is 25.0 Å². The van der Waals surface area contributed by atoms with Crippen molar-refractivity contribution in [3.05, 3.63) is 95.5 Å². The Morgan fingerprint density at radius 2 is 1.86 bits per heavy atom. The number of anilines is 1. The number of halogens is 2. The molecule has 0 heterocycles. The minimum atomic E-state index is -0.808. The number of nitriles is 1. The van der Waals surface area contributed by atoms with Gasteiger partial charge < -0.3 is 14.8 Å². The predicted molar refractivity (Wildman–Crippen MR) is 134 cm³/mol. The summed E-state index contributed by atoms with van der Waals surface area (Å²) >= 11 is 9.21. The zero-order valence-corrected chi connectivity index (χ0v) is 20.6. The first kappa shape index (κ1) is 26.1. The molecule has 3 rings (SSSR count). The summed E-state index contributed by atoms with van der Waals surface area (Å²) in [6.45, 7) is 0. The molecule has 0 atom stereocenters. The number of non-ortho nitro benzene ring substituents is 1. The summed E-state index contributed by atoms with van der Waals surface area (Å²) in [5.74, 6) is -0.785. The molecule has 13 heteroatoms. The molecule has 0 spiro atoms. The van der Waals surface area contributed by atoms with Crippen LogP contribution in [0.1, 0.15) is 5.56 Å². The van der Waals surface area contributed by atoms with Crippen LogP contribution >= 0.6 is 27.5 Å². The molecule has 0 saturated carbocycles. The number of hydrogen-bond acceptors (Lipinski definition) is 8. The molecule has 182 valence electrons. The van der Waals surface area contributed by atoms with Crippen LogP contribution in [0.4, 0.5) is 17.1 Å². The Kier molecular flexibility index (Phi) is 8.21. The first-order chi connectivity index (χ1) is 17.1. The van der Waals surface area contributed by atoms with Gasteiger partial charge >= 0.3 is 5.69 Å². The molecular formula is C23H14BrClN4O7. The fourth-order valence-corrected chi connectivity index (χ4v) is 3.69. The molecule has 0 aliphatic rings. The number of benzene rings is 3. The fraction of sp³-hybridized carbons (Fsp3) is 0.0435. The highest BCUT2D eigenvalue weighted by Gasteiger charge is 2.23. The van der Waals surface area contributed by atoms with E-state index in [0.29, 0.717) is 16.3 Å². The Bertz CT molecular complexity index is 1450. The van der Waals surface area contributed by atoms with Crippen molar-refractivity contribution in [1.29, 1.82) is 5.26 Å². The highest BCUT2D eigenvalue weighted by atomic mass is 79.9. The van der Waals surface area contributed by atoms with Gasteiger partial charge in [0.2, 0.25) is 5.75 Å². The molecule has 36 heavy (non-hydrogen) atoms. The lowest BCUT2D eigenvalue weighted by Crippen LogP contribution is -2.13. The minimum absolute atomic E-state index is 0.0356. The van der Waals surface area contributed by atoms with E-state index in [9.17, 15) is 30.3 Å². The van der Waals surface area contributed by atoms with Gasteiger partial charge in [-0.05, 0) is 64.0 Å². The zero-order chi connectivity index (χ0) is 26.4. The maximum absolute atomic E-state index is 12.6. The maximum Gasteiger partial charge on any atom is 0.318 e. The van der Waals surface area contributed by atoms with Gasteiger partial charge in [-0.2, -0.15) is 5.26 Å². The second-order valence-electron chi connectivity index (χ2n) is 6.94. The van der Waals surface area contributed by atoms with E-state index in [2.05, 4.69) is 21.2 Å². The van der Waals surface area contributed by atoms with Gasteiger partial charge in [-0.15, -0.1) is 0 Å². The number of carbonyl (C=O) groups excluding carboxylic acids is 1. The summed E-state index contributed by atoms with van der Waals surface area (Å²) in [6, 6.07) is 14.1. The average Bonchev–Trinajstić information content (AvgIpc) is 2.83. The van der Waals surface area contributed by atoms with Crippen molar-refractivity contribution in [1.82, 2.24) is 0 Å². The van der Waals surface area contributed by atoms with E-state index < -0.39 is 27.1 Å². The molecule has 0 aliphatic heterocycles. The molecular weight excluding hydrogens is 560 g/mol. The third kappa shape index (κ3) is 6.15. The number of amides is 1. The van der Waals surface area contributed by atoms with Crippen molar-refractivity contribution >= 4 is 56.6 Å². The lowest BCUT2D eigenvalue weighted by Gasteiger charge is -2.13. The summed E-state index contributed by atoms with van der Waals surface area (Å²) in [5.41, 5.74) is -0.529. The molecule has 11 nitrogen and oxygen atoms in total. The molecule has 0 fully saturated rings. The van der Waals surface area contributed by atoms with Crippen molar-refractivity contribution in [2.45, 2.75) is 0 Å². The Balaban J connectivity index is 1.95. The van der Waals surface area contributed by atoms with E-state index in [1.54, 1.807) is 18.2 Å². The summed E-state index contributed by atoms with van der Waals surface area (Å²) < 4.78 is 11.3. The molecule has 1 amide bonds. The van der Waals surface area contributed by atoms with E-state index in [-0.39, 0.29) is 27.3 Å². The highest BCUT2D eigenvalue weighted by Crippen LogP contribution is 2.43. The number of nitrogens with one attached hydrogen (secondary N) is 1. The van der Waals surface area contributed by atoms with Gasteiger partial charge in [0.15, 0.2) is 11.5 Å². The third-order valence-corrected chi connectivity index (χ3v) is 5.40. The normalized spacial score (nSPS) is 10.8. The van der Waals surface area contributed by atoms with Crippen LogP contribution in [0.3, 0.4) is 0 Å². The zero-order valence-electron chi connectivity index (χ0n) is 18.2. The quantitative estimate of drug-likeness (QED) is 0.143. The number of nitrogens with zero attached hydrogens (tertiary/aromatic N) is 3. The van der Waals surface area contributed by atoms with Crippen LogP contribution in [0, 0.1) is 31.6 Å². The van der Waals surface area contributed by atoms with Crippen LogP contribution in [-0.4, -0.2) is 22.9 Å². The van der Waals surface area contributed by atoms with Gasteiger partial charge in [-0.1, -0.05) is 17.7 Å². The highest BCUT2D eigenvalue weighted by molar-refractivity contribution is 9.10. The monoisotopic (exact) mass is 572 g/mol. The van der Waals surface area contributed by atoms with Crippen LogP contribution in [0.15, 0.2) is 64.6 Å². The molecule has 0 saturated heterocycles. The van der Waals surface area contributed by atoms with Gasteiger partial charge in [0.1, 0.15) is 11.6 Å². The molecule has 3 aromatic carbocycles. The van der Waals surface area contributed by atoms with Crippen molar-refractivity contribution in [3.63, 3.8) is 0 Å². The summed E-state index contributed by atoms with van der Waals surface area (Å²) in [5, 5.41) is 34.9. The average molecular weight is 574 g/mol. The molecule has 3 aromatic rings. The molecule has 0 radical (unpaired) electrons. The van der Waals surface area contributed by atoms with Crippen LogP contribution in [0.25, 0.3) is 6.08 Å². The summed E-state index contributed by atoms with van der Waals surface area (Å²) in [6.07, 6.45) is 1.31. The van der Waals surface area contributed by atoms with E-state index >= 15 is 0 Å². The Morgan fingerprint density at radius 1 is 1.11 bits per heavy atom. The number of ether oxygens (including phenoxy) is 2. The summed E-state index contributed by atoms with van der Waals surface area (Å²) in [4.78, 5) is 33.4. The standard InChI is InChI=1S/C23H14BrClN4O7/c1-35-21-9-13(7-14(12-26)23(30)27-16-4-2-3-15(25)10-16)8-18(24)22(21)36-20-6-5-17(28(31)32)11-19(20)29(33)34/h2-11H,1H3,(H,27,30)/b14-7+. The largest absolute Gasteiger partial charge is 0.493 e. The Labute approximate surface area is 216 Å². The van der Waals surface area contributed by atoms with Gasteiger partial charge in [0.05, 0.1) is 27.5 Å². The Hall–Kier alpha value is -4.47. The minimum Gasteiger partial charge on any atom is -0.493 e. The smallest absolute Gasteiger partial charge is 0.318 e. The second kappa shape index (κ2) is 11.3. The van der Waals surface area contributed by atoms with E-state index in [0.717, 1.165) is 18.2 Å². The van der Waals surface area contributed by atoms with E-state index in [4.69, 9.17) is 21.1 Å². The summed E-state index contributed by atoms with van der Waals surface area (Å²) in [7, 11) is 1.32. The number of rotatable bonds is 8. The number of carbonyl (C=O) groups is 1. The van der Waals surface area contributed by atoms with Gasteiger partial charge in [0, 0.05) is 16.8 Å². The van der Waals surface area contributed by atoms with Crippen molar-refractivity contribution in [2.75, 3.05) is 12.4 Å². The Morgan fingerprint density at radius 3 is 2.47 bits per heavy atom. The molecule has 0 aliphatic carbocycles. The molecule has 0 aromatic heterocycles. The van der Waals surface area contributed by atoms with Crippen LogP contribution in [-0.2, 0) is 4.79 Å². The number of nitro benzene ring substituents is 2. The van der Waals surface area contributed by atoms with Crippen molar-refractivity contribution < 1.29 is 24.1 Å². The maximum atomic E-state index is 12.6. The fourth-order valence-electron chi connectivity index (χ4n) is 2.96. The molecule has 0 unspecified atom stereocenters.